The van der Waals surface area contributed by atoms with E-state index in [2.05, 4.69) is 5.32 Å². The zero-order chi connectivity index (χ0) is 14.5. The van der Waals surface area contributed by atoms with Crippen LogP contribution < -0.4 is 11.1 Å². The van der Waals surface area contributed by atoms with Gasteiger partial charge in [0.2, 0.25) is 5.91 Å². The Kier molecular flexibility index (Phi) is 4.92. The highest BCUT2D eigenvalue weighted by atomic mass is 32.1. The molecule has 2 atom stereocenters. The van der Waals surface area contributed by atoms with Crippen LogP contribution in [0.1, 0.15) is 18.5 Å². The maximum Gasteiger partial charge on any atom is 0.248 e. The van der Waals surface area contributed by atoms with E-state index in [-0.39, 0.29) is 6.04 Å². The second kappa shape index (κ2) is 6.67. The molecule has 1 aliphatic heterocycles. The SMILES string of the molecule is C[C@@H](NC(=S)N1CCO[C@@H](C(N)=O)C1)c1ccccc1. The number of nitrogens with zero attached hydrogens (tertiary/aromatic N) is 1. The maximum atomic E-state index is 11.2. The van der Waals surface area contributed by atoms with Gasteiger partial charge in [-0.25, -0.2) is 0 Å². The fraction of sp³-hybridized carbons (Fsp3) is 0.429. The molecular weight excluding hydrogens is 274 g/mol. The molecule has 6 heteroatoms. The van der Waals surface area contributed by atoms with Crippen LogP contribution in [-0.2, 0) is 9.53 Å². The summed E-state index contributed by atoms with van der Waals surface area (Å²) in [5.41, 5.74) is 6.43. The van der Waals surface area contributed by atoms with Crippen LogP contribution in [-0.4, -0.2) is 41.7 Å². The van der Waals surface area contributed by atoms with E-state index in [0.717, 1.165) is 5.56 Å². The molecule has 108 valence electrons. The second-order valence-electron chi connectivity index (χ2n) is 4.79. The van der Waals surface area contributed by atoms with Crippen molar-refractivity contribution in [3.63, 3.8) is 0 Å². The van der Waals surface area contributed by atoms with Gasteiger partial charge in [0.25, 0.3) is 0 Å². The minimum atomic E-state index is -0.587. The summed E-state index contributed by atoms with van der Waals surface area (Å²) in [6.07, 6.45) is -0.587. The number of carbonyl (C=O) groups excluding carboxylic acids is 1. The molecule has 0 radical (unpaired) electrons. The van der Waals surface area contributed by atoms with Gasteiger partial charge in [-0.2, -0.15) is 0 Å². The van der Waals surface area contributed by atoms with Crippen molar-refractivity contribution in [2.24, 2.45) is 5.73 Å². The number of nitrogens with two attached hydrogens (primary N) is 1. The molecule has 1 heterocycles. The van der Waals surface area contributed by atoms with Gasteiger partial charge >= 0.3 is 0 Å². The molecule has 2 rings (SSSR count). The number of hydrogen-bond acceptors (Lipinski definition) is 3. The number of thiocarbonyl (C=S) groups is 1. The molecule has 1 saturated heterocycles. The molecule has 1 aromatic rings. The third-order valence-corrected chi connectivity index (χ3v) is 3.69. The van der Waals surface area contributed by atoms with E-state index in [1.54, 1.807) is 0 Å². The van der Waals surface area contributed by atoms with Crippen LogP contribution in [0.4, 0.5) is 0 Å². The Labute approximate surface area is 124 Å². The lowest BCUT2D eigenvalue weighted by molar-refractivity contribution is -0.133. The van der Waals surface area contributed by atoms with Crippen molar-refractivity contribution >= 4 is 23.2 Å². The van der Waals surface area contributed by atoms with Gasteiger partial charge < -0.3 is 20.7 Å². The summed E-state index contributed by atoms with van der Waals surface area (Å²) in [5, 5.41) is 3.90. The van der Waals surface area contributed by atoms with Crippen molar-refractivity contribution in [3.05, 3.63) is 35.9 Å². The van der Waals surface area contributed by atoms with Crippen molar-refractivity contribution in [1.82, 2.24) is 10.2 Å². The second-order valence-corrected chi connectivity index (χ2v) is 5.18. The van der Waals surface area contributed by atoms with Gasteiger partial charge in [0.1, 0.15) is 0 Å². The number of benzene rings is 1. The Balaban J connectivity index is 1.93. The number of amides is 1. The van der Waals surface area contributed by atoms with E-state index >= 15 is 0 Å². The summed E-state index contributed by atoms with van der Waals surface area (Å²) in [6, 6.07) is 10.2. The lowest BCUT2D eigenvalue weighted by atomic mass is 10.1. The van der Waals surface area contributed by atoms with Gasteiger partial charge in [0.15, 0.2) is 11.2 Å². The summed E-state index contributed by atoms with van der Waals surface area (Å²) in [7, 11) is 0. The number of primary amides is 1. The van der Waals surface area contributed by atoms with Gasteiger partial charge in [-0.1, -0.05) is 30.3 Å². The van der Waals surface area contributed by atoms with Crippen LogP contribution >= 0.6 is 12.2 Å². The van der Waals surface area contributed by atoms with Crippen molar-refractivity contribution < 1.29 is 9.53 Å². The summed E-state index contributed by atoms with van der Waals surface area (Å²) >= 11 is 5.40. The van der Waals surface area contributed by atoms with Crippen LogP contribution in [0.25, 0.3) is 0 Å². The normalized spacial score (nSPS) is 20.2. The van der Waals surface area contributed by atoms with E-state index in [4.69, 9.17) is 22.7 Å². The van der Waals surface area contributed by atoms with Crippen LogP contribution in [0.2, 0.25) is 0 Å². The van der Waals surface area contributed by atoms with Gasteiger partial charge in [0, 0.05) is 6.54 Å². The topological polar surface area (TPSA) is 67.6 Å². The average molecular weight is 293 g/mol. The Hall–Kier alpha value is -1.66. The number of rotatable bonds is 3. The number of morpholine rings is 1. The average Bonchev–Trinajstić information content (AvgIpc) is 2.48. The Morgan fingerprint density at radius 3 is 2.85 bits per heavy atom. The summed E-state index contributed by atoms with van der Waals surface area (Å²) < 4.78 is 5.31. The highest BCUT2D eigenvalue weighted by Crippen LogP contribution is 2.13. The largest absolute Gasteiger partial charge is 0.367 e. The van der Waals surface area contributed by atoms with Gasteiger partial charge in [-0.05, 0) is 24.7 Å². The molecule has 0 saturated carbocycles. The highest BCUT2D eigenvalue weighted by Gasteiger charge is 2.26. The Morgan fingerprint density at radius 2 is 2.20 bits per heavy atom. The lowest BCUT2D eigenvalue weighted by Gasteiger charge is -2.34. The summed E-state index contributed by atoms with van der Waals surface area (Å²) in [4.78, 5) is 13.1. The first kappa shape index (κ1) is 14.7. The maximum absolute atomic E-state index is 11.2. The van der Waals surface area contributed by atoms with Crippen LogP contribution in [0.3, 0.4) is 0 Å². The number of ether oxygens (including phenoxy) is 1. The minimum absolute atomic E-state index is 0.110. The van der Waals surface area contributed by atoms with Crippen molar-refractivity contribution in [2.45, 2.75) is 19.1 Å². The molecule has 1 amide bonds. The van der Waals surface area contributed by atoms with Gasteiger partial charge in [0.05, 0.1) is 19.2 Å². The molecule has 5 nitrogen and oxygen atoms in total. The van der Waals surface area contributed by atoms with Crippen molar-refractivity contribution in [2.75, 3.05) is 19.7 Å². The number of hydrogen-bond donors (Lipinski definition) is 2. The van der Waals surface area contributed by atoms with E-state index in [0.29, 0.717) is 24.8 Å². The van der Waals surface area contributed by atoms with Crippen molar-refractivity contribution in [3.8, 4) is 0 Å². The Morgan fingerprint density at radius 1 is 1.50 bits per heavy atom. The first-order valence-electron chi connectivity index (χ1n) is 6.59. The van der Waals surface area contributed by atoms with E-state index in [9.17, 15) is 4.79 Å². The number of carbonyl (C=O) groups is 1. The zero-order valence-corrected chi connectivity index (χ0v) is 12.2. The molecule has 0 spiro atoms. The summed E-state index contributed by atoms with van der Waals surface area (Å²) in [6.45, 7) is 3.57. The van der Waals surface area contributed by atoms with E-state index < -0.39 is 12.0 Å². The molecule has 3 N–H and O–H groups in total. The van der Waals surface area contributed by atoms with Crippen molar-refractivity contribution in [1.29, 1.82) is 0 Å². The molecule has 0 unspecified atom stereocenters. The molecule has 0 aliphatic carbocycles. The molecule has 0 aromatic heterocycles. The molecule has 1 aromatic carbocycles. The monoisotopic (exact) mass is 293 g/mol. The zero-order valence-electron chi connectivity index (χ0n) is 11.4. The standard InChI is InChI=1S/C14H19N3O2S/c1-10(11-5-3-2-4-6-11)16-14(20)17-7-8-19-12(9-17)13(15)18/h2-6,10,12H,7-9H2,1H3,(H2,15,18)(H,16,20)/t10-,12-/m1/s1. The van der Waals surface area contributed by atoms with E-state index in [1.807, 2.05) is 42.2 Å². The highest BCUT2D eigenvalue weighted by molar-refractivity contribution is 7.80. The minimum Gasteiger partial charge on any atom is -0.367 e. The molecular formula is C14H19N3O2S. The number of nitrogens with one attached hydrogen (secondary N) is 1. The molecule has 20 heavy (non-hydrogen) atoms. The lowest BCUT2D eigenvalue weighted by Crippen LogP contribution is -2.53. The predicted octanol–water partition coefficient (Wildman–Crippen LogP) is 0.808. The molecule has 0 bridgehead atoms. The molecule has 1 fully saturated rings. The van der Waals surface area contributed by atoms with Gasteiger partial charge in [-0.15, -0.1) is 0 Å². The van der Waals surface area contributed by atoms with Crippen LogP contribution in [0, 0.1) is 0 Å². The summed E-state index contributed by atoms with van der Waals surface area (Å²) in [5.74, 6) is -0.450. The fourth-order valence-electron chi connectivity index (χ4n) is 2.11. The van der Waals surface area contributed by atoms with Gasteiger partial charge in [-0.3, -0.25) is 4.79 Å². The van der Waals surface area contributed by atoms with Crippen LogP contribution in [0.5, 0.6) is 0 Å². The van der Waals surface area contributed by atoms with Crippen LogP contribution in [0.15, 0.2) is 30.3 Å². The first-order chi connectivity index (χ1) is 9.58. The molecule has 1 aliphatic rings. The predicted molar refractivity (Wildman–Crippen MR) is 81.1 cm³/mol. The fourth-order valence-corrected chi connectivity index (χ4v) is 2.45. The third kappa shape index (κ3) is 3.68. The first-order valence-corrected chi connectivity index (χ1v) is 7.00. The Bertz CT molecular complexity index is 481. The quantitative estimate of drug-likeness (QED) is 0.807. The van der Waals surface area contributed by atoms with E-state index in [1.165, 1.54) is 0 Å². The smallest absolute Gasteiger partial charge is 0.248 e. The third-order valence-electron chi connectivity index (χ3n) is 3.31.